The number of carbonyl (C=O) groups excluding carboxylic acids is 3. The summed E-state index contributed by atoms with van der Waals surface area (Å²) in [6, 6.07) is 20.7. The molecular weight excluding hydrogens is 715 g/mol. The second kappa shape index (κ2) is 15.3. The second-order valence-corrected chi connectivity index (χ2v) is 16.9. The van der Waals surface area contributed by atoms with E-state index in [-0.39, 0.29) is 35.7 Å². The van der Waals surface area contributed by atoms with Crippen LogP contribution < -0.4 is 5.32 Å². The first-order valence-corrected chi connectivity index (χ1v) is 20.3. The molecule has 57 heavy (non-hydrogen) atoms. The average Bonchev–Trinajstić information content (AvgIpc) is 4.07. The molecule has 0 spiro atoms. The zero-order chi connectivity index (χ0) is 40.1. The molecule has 3 aliphatic rings. The van der Waals surface area contributed by atoms with Gasteiger partial charge in [0.1, 0.15) is 23.7 Å². The van der Waals surface area contributed by atoms with E-state index in [1.807, 2.05) is 39.2 Å². The number of piperidine rings is 1. The van der Waals surface area contributed by atoms with Crippen molar-refractivity contribution in [3.05, 3.63) is 96.4 Å². The van der Waals surface area contributed by atoms with Gasteiger partial charge < -0.3 is 29.8 Å². The van der Waals surface area contributed by atoms with E-state index in [1.165, 1.54) is 7.11 Å². The van der Waals surface area contributed by atoms with Gasteiger partial charge in [-0.2, -0.15) is 0 Å². The van der Waals surface area contributed by atoms with Crippen LogP contribution in [0.2, 0.25) is 0 Å². The molecule has 1 aliphatic carbocycles. The summed E-state index contributed by atoms with van der Waals surface area (Å²) in [5.74, 6) is 2.28. The van der Waals surface area contributed by atoms with Crippen molar-refractivity contribution in [1.29, 1.82) is 0 Å². The Morgan fingerprint density at radius 2 is 1.39 bits per heavy atom. The van der Waals surface area contributed by atoms with Gasteiger partial charge in [-0.15, -0.1) is 0 Å². The largest absolute Gasteiger partial charge is 0.453 e. The van der Waals surface area contributed by atoms with Crippen LogP contribution in [-0.4, -0.2) is 73.4 Å². The van der Waals surface area contributed by atoms with Crippen molar-refractivity contribution in [3.63, 3.8) is 0 Å². The zero-order valence-electron chi connectivity index (χ0n) is 33.9. The summed E-state index contributed by atoms with van der Waals surface area (Å²) in [5, 5.41) is 4.93. The molecule has 2 aliphatic heterocycles. The van der Waals surface area contributed by atoms with Crippen molar-refractivity contribution >= 4 is 28.7 Å². The molecule has 5 aromatic rings. The highest BCUT2D eigenvalue weighted by Gasteiger charge is 2.50. The molecule has 11 nitrogen and oxygen atoms in total. The highest BCUT2D eigenvalue weighted by atomic mass is 16.5. The van der Waals surface area contributed by atoms with Gasteiger partial charge in [0.25, 0.3) is 0 Å². The van der Waals surface area contributed by atoms with Crippen LogP contribution in [0.3, 0.4) is 0 Å². The molecule has 3 amide bonds. The molecule has 0 radical (unpaired) electrons. The molecule has 4 heterocycles. The van der Waals surface area contributed by atoms with Gasteiger partial charge in [-0.25, -0.2) is 14.8 Å². The third-order valence-corrected chi connectivity index (χ3v) is 12.5. The highest BCUT2D eigenvalue weighted by Crippen LogP contribution is 2.50. The fourth-order valence-corrected chi connectivity index (χ4v) is 8.98. The van der Waals surface area contributed by atoms with Crippen molar-refractivity contribution in [2.75, 3.05) is 13.7 Å². The molecular formula is C46H53N7O4. The molecule has 296 valence electrons. The van der Waals surface area contributed by atoms with Crippen LogP contribution in [0.1, 0.15) is 84.5 Å². The summed E-state index contributed by atoms with van der Waals surface area (Å²) < 4.78 is 4.78. The molecule has 8 rings (SSSR count). The molecule has 1 saturated carbocycles. The molecule has 11 heteroatoms. The average molecular weight is 768 g/mol. The SMILES string of the molecule is COC(=O)N[C@H](C(=O)N1CC(C)=C[C@H]1c1ncc(-c2ccc3cc(-c4ccc(-c5cnc([C@@H]6[C@@H]7CC[C@@H](C7)N6C(=O)[C@@H](C)C(C)C)[nH]5)cc4)ccc3c2)[nH]1)C(C)C. The van der Waals surface area contributed by atoms with E-state index in [0.29, 0.717) is 30.2 Å². The van der Waals surface area contributed by atoms with Gasteiger partial charge in [0.15, 0.2) is 0 Å². The maximum atomic E-state index is 13.7. The van der Waals surface area contributed by atoms with Crippen molar-refractivity contribution in [2.24, 2.45) is 23.7 Å². The first-order chi connectivity index (χ1) is 27.4. The zero-order valence-corrected chi connectivity index (χ0v) is 33.9. The number of hydrogen-bond acceptors (Lipinski definition) is 6. The summed E-state index contributed by atoms with van der Waals surface area (Å²) in [5.41, 5.74) is 7.18. The fraction of sp³-hybridized carbons (Fsp3) is 0.413. The van der Waals surface area contributed by atoms with E-state index < -0.39 is 12.1 Å². The first-order valence-electron chi connectivity index (χ1n) is 20.3. The molecule has 1 saturated heterocycles. The summed E-state index contributed by atoms with van der Waals surface area (Å²) in [7, 11) is 1.29. The summed E-state index contributed by atoms with van der Waals surface area (Å²) in [6.07, 6.45) is 8.45. The number of hydrogen-bond donors (Lipinski definition) is 3. The van der Waals surface area contributed by atoms with Crippen LogP contribution in [0, 0.1) is 23.7 Å². The summed E-state index contributed by atoms with van der Waals surface area (Å²) in [4.78, 5) is 59.8. The van der Waals surface area contributed by atoms with Crippen molar-refractivity contribution in [1.82, 2.24) is 35.1 Å². The minimum atomic E-state index is -0.720. The third kappa shape index (κ3) is 7.24. The Morgan fingerprint density at radius 3 is 2.07 bits per heavy atom. The Bertz CT molecular complexity index is 2340. The van der Waals surface area contributed by atoms with E-state index in [1.54, 1.807) is 4.90 Å². The lowest BCUT2D eigenvalue weighted by atomic mass is 9.93. The highest BCUT2D eigenvalue weighted by molar-refractivity contribution is 5.91. The normalized spacial score (nSPS) is 21.4. The number of benzene rings is 3. The lowest BCUT2D eigenvalue weighted by Gasteiger charge is -2.36. The van der Waals surface area contributed by atoms with Gasteiger partial charge in [-0.1, -0.05) is 94.8 Å². The number of rotatable bonds is 10. The number of likely N-dealkylation sites (tertiary alicyclic amines) is 1. The Kier molecular flexibility index (Phi) is 10.3. The van der Waals surface area contributed by atoms with Crippen molar-refractivity contribution < 1.29 is 19.1 Å². The summed E-state index contributed by atoms with van der Waals surface area (Å²) >= 11 is 0. The first kappa shape index (κ1) is 38.2. The minimum absolute atomic E-state index is 0.00516. The van der Waals surface area contributed by atoms with E-state index in [9.17, 15) is 14.4 Å². The lowest BCUT2D eigenvalue weighted by molar-refractivity contribution is -0.141. The third-order valence-electron chi connectivity index (χ3n) is 12.5. The number of fused-ring (bicyclic) bond motifs is 3. The van der Waals surface area contributed by atoms with Gasteiger partial charge in [0.2, 0.25) is 11.8 Å². The molecule has 2 bridgehead atoms. The Hall–Kier alpha value is -5.71. The Morgan fingerprint density at radius 1 is 0.772 bits per heavy atom. The van der Waals surface area contributed by atoms with Gasteiger partial charge in [0, 0.05) is 24.1 Å². The quantitative estimate of drug-likeness (QED) is 0.122. The van der Waals surface area contributed by atoms with Crippen molar-refractivity contribution in [2.45, 2.75) is 85.0 Å². The monoisotopic (exact) mass is 767 g/mol. The van der Waals surface area contributed by atoms with Crippen LogP contribution in [0.5, 0.6) is 0 Å². The maximum Gasteiger partial charge on any atom is 0.407 e. The van der Waals surface area contributed by atoms with Gasteiger partial charge in [-0.05, 0) is 83.5 Å². The molecule has 3 N–H and O–H groups in total. The number of amides is 3. The number of nitrogens with one attached hydrogen (secondary N) is 3. The number of imidazole rings is 2. The minimum Gasteiger partial charge on any atom is -0.453 e. The van der Waals surface area contributed by atoms with Crippen LogP contribution in [0.15, 0.2) is 84.7 Å². The molecule has 2 fully saturated rings. The van der Waals surface area contributed by atoms with Gasteiger partial charge in [-0.3, -0.25) is 9.59 Å². The standard InChI is InChI=1S/C46H53N7O4/c1-25(2)28(6)44(54)53-36-17-16-35(21-36)41(53)43-48-22-37(50-43)30-10-8-29(9-11-30)31-12-13-33-20-34(15-14-32(33)19-31)38-23-47-42(49-38)39-18-27(5)24-52(39)45(55)40(26(3)4)51-46(56)57-7/h8-15,18-20,22-23,25-26,28,35-36,39-41H,16-17,21,24H2,1-7H3,(H,47,49)(H,48,50)(H,51,56)/t28-,35+,36-,39-,40-,41-/m0/s1. The Balaban J connectivity index is 0.968. The van der Waals surface area contributed by atoms with Crippen LogP contribution in [-0.2, 0) is 14.3 Å². The van der Waals surface area contributed by atoms with E-state index in [2.05, 4.69) is 102 Å². The number of carbonyl (C=O) groups is 3. The number of aromatic amines is 2. The van der Waals surface area contributed by atoms with E-state index >= 15 is 0 Å². The van der Waals surface area contributed by atoms with Gasteiger partial charge >= 0.3 is 6.09 Å². The molecule has 2 aromatic heterocycles. The number of nitrogens with zero attached hydrogens (tertiary/aromatic N) is 4. The topological polar surface area (TPSA) is 136 Å². The van der Waals surface area contributed by atoms with E-state index in [0.717, 1.165) is 75.1 Å². The number of H-pyrrole nitrogens is 2. The van der Waals surface area contributed by atoms with Crippen LogP contribution in [0.4, 0.5) is 4.79 Å². The number of methoxy groups -OCH3 is 1. The van der Waals surface area contributed by atoms with Crippen molar-refractivity contribution in [3.8, 4) is 33.6 Å². The number of aromatic nitrogens is 4. The Labute approximate surface area is 334 Å². The molecule has 3 aromatic carbocycles. The van der Waals surface area contributed by atoms with Gasteiger partial charge in [0.05, 0.1) is 36.9 Å². The predicted octanol–water partition coefficient (Wildman–Crippen LogP) is 8.84. The molecule has 0 unspecified atom stereocenters. The second-order valence-electron chi connectivity index (χ2n) is 16.9. The maximum absolute atomic E-state index is 13.7. The lowest BCUT2D eigenvalue weighted by Crippen LogP contribution is -2.51. The smallest absolute Gasteiger partial charge is 0.407 e. The summed E-state index contributed by atoms with van der Waals surface area (Å²) in [6.45, 7) is 12.6. The number of ether oxygens (including phenoxy) is 1. The van der Waals surface area contributed by atoms with Crippen LogP contribution in [0.25, 0.3) is 44.4 Å². The predicted molar refractivity (Wildman–Crippen MR) is 222 cm³/mol. The number of alkyl carbamates (subject to hydrolysis) is 1. The van der Waals surface area contributed by atoms with Crippen LogP contribution >= 0.6 is 0 Å². The fourth-order valence-electron chi connectivity index (χ4n) is 8.98. The van der Waals surface area contributed by atoms with E-state index in [4.69, 9.17) is 14.7 Å². The molecule has 6 atom stereocenters.